The van der Waals surface area contributed by atoms with Gasteiger partial charge in [-0.3, -0.25) is 14.9 Å². The van der Waals surface area contributed by atoms with Gasteiger partial charge in [0.25, 0.3) is 5.69 Å². The van der Waals surface area contributed by atoms with Crippen LogP contribution >= 0.6 is 23.2 Å². The van der Waals surface area contributed by atoms with Crippen LogP contribution in [0, 0.1) is 10.1 Å². The molecule has 1 fully saturated rings. The van der Waals surface area contributed by atoms with E-state index in [2.05, 4.69) is 0 Å². The number of nitrogens with zero attached hydrogens (tertiary/aromatic N) is 3. The van der Waals surface area contributed by atoms with E-state index < -0.39 is 14.9 Å². The summed E-state index contributed by atoms with van der Waals surface area (Å²) in [7, 11) is -3.88. The summed E-state index contributed by atoms with van der Waals surface area (Å²) in [6.07, 6.45) is 2.91. The third kappa shape index (κ3) is 4.81. The minimum absolute atomic E-state index is 0.0329. The van der Waals surface area contributed by atoms with E-state index in [0.717, 1.165) is 0 Å². The summed E-state index contributed by atoms with van der Waals surface area (Å²) in [4.78, 5) is 24.0. The Labute approximate surface area is 183 Å². The molecule has 0 N–H and O–H groups in total. The molecule has 1 aliphatic rings. The maximum absolute atomic E-state index is 12.9. The Bertz CT molecular complexity index is 1080. The van der Waals surface area contributed by atoms with Gasteiger partial charge in [0.15, 0.2) is 0 Å². The fraction of sp³-hybridized carbons (Fsp3) is 0.211. The molecule has 11 heteroatoms. The second-order valence-corrected chi connectivity index (χ2v) is 9.15. The molecule has 0 radical (unpaired) electrons. The molecule has 1 heterocycles. The first-order valence-corrected chi connectivity index (χ1v) is 11.1. The van der Waals surface area contributed by atoms with E-state index in [9.17, 15) is 23.3 Å². The number of halogens is 2. The second kappa shape index (κ2) is 9.13. The van der Waals surface area contributed by atoms with Crippen LogP contribution in [-0.4, -0.2) is 54.6 Å². The average molecular weight is 470 g/mol. The van der Waals surface area contributed by atoms with Crippen molar-refractivity contribution in [3.63, 3.8) is 0 Å². The Morgan fingerprint density at radius 1 is 1.00 bits per heavy atom. The van der Waals surface area contributed by atoms with E-state index >= 15 is 0 Å². The zero-order valence-corrected chi connectivity index (χ0v) is 17.9. The van der Waals surface area contributed by atoms with Crippen molar-refractivity contribution in [2.75, 3.05) is 26.2 Å². The summed E-state index contributed by atoms with van der Waals surface area (Å²) in [5.74, 6) is -0.277. The van der Waals surface area contributed by atoms with Crippen LogP contribution in [0.3, 0.4) is 0 Å². The van der Waals surface area contributed by atoms with Crippen molar-refractivity contribution in [1.29, 1.82) is 0 Å². The zero-order chi connectivity index (χ0) is 21.9. The molecular formula is C19H17Cl2N3O5S. The van der Waals surface area contributed by atoms with Gasteiger partial charge in [-0.15, -0.1) is 0 Å². The smallest absolute Gasteiger partial charge is 0.269 e. The highest BCUT2D eigenvalue weighted by Gasteiger charge is 2.32. The molecule has 3 rings (SSSR count). The lowest BCUT2D eigenvalue weighted by Crippen LogP contribution is -2.50. The van der Waals surface area contributed by atoms with Gasteiger partial charge in [0.1, 0.15) is 4.90 Å². The molecule has 1 saturated heterocycles. The Kier molecular flexibility index (Phi) is 6.77. The summed E-state index contributed by atoms with van der Waals surface area (Å²) < 4.78 is 27.0. The van der Waals surface area contributed by atoms with E-state index in [-0.39, 0.29) is 52.7 Å². The van der Waals surface area contributed by atoms with Crippen molar-refractivity contribution in [2.24, 2.45) is 0 Å². The lowest BCUT2D eigenvalue weighted by molar-refractivity contribution is -0.384. The van der Waals surface area contributed by atoms with Crippen LogP contribution < -0.4 is 0 Å². The Hall–Kier alpha value is -2.46. The first-order chi connectivity index (χ1) is 14.2. The summed E-state index contributed by atoms with van der Waals surface area (Å²) in [6, 6.07) is 10.3. The molecule has 0 aliphatic carbocycles. The van der Waals surface area contributed by atoms with Gasteiger partial charge < -0.3 is 4.90 Å². The third-order valence-corrected chi connectivity index (χ3v) is 7.44. The molecule has 0 saturated carbocycles. The highest BCUT2D eigenvalue weighted by atomic mass is 35.5. The predicted molar refractivity (Wildman–Crippen MR) is 114 cm³/mol. The third-order valence-electron chi connectivity index (χ3n) is 4.59. The fourth-order valence-corrected chi connectivity index (χ4v) is 5.50. The molecule has 1 aliphatic heterocycles. The van der Waals surface area contributed by atoms with E-state index in [4.69, 9.17) is 23.2 Å². The van der Waals surface area contributed by atoms with Gasteiger partial charge in [0.2, 0.25) is 15.9 Å². The molecule has 2 aromatic carbocycles. The van der Waals surface area contributed by atoms with E-state index in [1.165, 1.54) is 39.5 Å². The summed E-state index contributed by atoms with van der Waals surface area (Å²) in [6.45, 7) is 0.650. The number of nitro benzene ring substituents is 1. The first-order valence-electron chi connectivity index (χ1n) is 8.86. The Balaban J connectivity index is 1.63. The molecule has 158 valence electrons. The number of amides is 1. The maximum atomic E-state index is 12.9. The molecule has 2 aromatic rings. The summed E-state index contributed by atoms with van der Waals surface area (Å²) in [5, 5.41) is 10.8. The molecule has 8 nitrogen and oxygen atoms in total. The van der Waals surface area contributed by atoms with Crippen LogP contribution in [0.5, 0.6) is 0 Å². The van der Waals surface area contributed by atoms with Gasteiger partial charge in [-0.1, -0.05) is 29.3 Å². The average Bonchev–Trinajstić information content (AvgIpc) is 2.72. The minimum atomic E-state index is -3.88. The molecule has 1 amide bonds. The first kappa shape index (κ1) is 22.2. The summed E-state index contributed by atoms with van der Waals surface area (Å²) >= 11 is 12.1. The van der Waals surface area contributed by atoms with E-state index in [1.54, 1.807) is 24.3 Å². The van der Waals surface area contributed by atoms with E-state index in [1.807, 2.05) is 0 Å². The number of benzene rings is 2. The van der Waals surface area contributed by atoms with Crippen molar-refractivity contribution < 1.29 is 18.1 Å². The van der Waals surface area contributed by atoms with Gasteiger partial charge >= 0.3 is 0 Å². The van der Waals surface area contributed by atoms with Crippen LogP contribution in [0.15, 0.2) is 53.4 Å². The van der Waals surface area contributed by atoms with Crippen molar-refractivity contribution in [3.05, 3.63) is 74.3 Å². The number of sulfonamides is 1. The SMILES string of the molecule is O=C(/C=C/c1ccc([N+](=O)[O-])cc1)N1CCN(S(=O)(=O)c2c(Cl)cccc2Cl)CC1. The standard InChI is InChI=1S/C19H17Cl2N3O5S/c20-16-2-1-3-17(21)19(16)30(28,29)23-12-10-22(11-13-23)18(25)9-6-14-4-7-15(8-5-14)24(26)27/h1-9H,10-13H2/b9-6+. The van der Waals surface area contributed by atoms with Crippen molar-refractivity contribution in [2.45, 2.75) is 4.90 Å². The largest absolute Gasteiger partial charge is 0.337 e. The molecule has 0 aromatic heterocycles. The lowest BCUT2D eigenvalue weighted by atomic mass is 10.2. The molecule has 0 atom stereocenters. The Morgan fingerprint density at radius 3 is 2.10 bits per heavy atom. The number of hydrogen-bond donors (Lipinski definition) is 0. The monoisotopic (exact) mass is 469 g/mol. The lowest BCUT2D eigenvalue weighted by Gasteiger charge is -2.33. The molecule has 0 spiro atoms. The molecule has 0 unspecified atom stereocenters. The molecule has 0 bridgehead atoms. The number of hydrogen-bond acceptors (Lipinski definition) is 5. The number of non-ortho nitro benzene ring substituents is 1. The predicted octanol–water partition coefficient (Wildman–Crippen LogP) is 3.45. The minimum Gasteiger partial charge on any atom is -0.337 e. The van der Waals surface area contributed by atoms with Gasteiger partial charge in [-0.25, -0.2) is 8.42 Å². The quantitative estimate of drug-likeness (QED) is 0.379. The topological polar surface area (TPSA) is 101 Å². The van der Waals surface area contributed by atoms with Crippen LogP contribution in [0.1, 0.15) is 5.56 Å². The van der Waals surface area contributed by atoms with Gasteiger partial charge in [-0.05, 0) is 35.9 Å². The highest BCUT2D eigenvalue weighted by molar-refractivity contribution is 7.89. The number of rotatable bonds is 5. The highest BCUT2D eigenvalue weighted by Crippen LogP contribution is 2.31. The zero-order valence-electron chi connectivity index (χ0n) is 15.6. The van der Waals surface area contributed by atoms with Crippen LogP contribution in [-0.2, 0) is 14.8 Å². The fourth-order valence-electron chi connectivity index (χ4n) is 2.99. The Morgan fingerprint density at radius 2 is 1.57 bits per heavy atom. The molecule has 30 heavy (non-hydrogen) atoms. The number of piperazine rings is 1. The second-order valence-electron chi connectivity index (χ2n) is 6.46. The van der Waals surface area contributed by atoms with Crippen LogP contribution in [0.2, 0.25) is 10.0 Å². The van der Waals surface area contributed by atoms with Gasteiger partial charge in [0, 0.05) is 44.4 Å². The number of carbonyl (C=O) groups is 1. The number of nitro groups is 1. The maximum Gasteiger partial charge on any atom is 0.269 e. The molecular weight excluding hydrogens is 453 g/mol. The van der Waals surface area contributed by atoms with Crippen molar-refractivity contribution in [3.8, 4) is 0 Å². The van der Waals surface area contributed by atoms with Crippen molar-refractivity contribution in [1.82, 2.24) is 9.21 Å². The number of carbonyl (C=O) groups excluding carboxylic acids is 1. The van der Waals surface area contributed by atoms with Crippen molar-refractivity contribution >= 4 is 50.9 Å². The van der Waals surface area contributed by atoms with Gasteiger partial charge in [0.05, 0.1) is 15.0 Å². The summed E-state index contributed by atoms with van der Waals surface area (Å²) in [5.41, 5.74) is 0.609. The van der Waals surface area contributed by atoms with E-state index in [0.29, 0.717) is 5.56 Å². The van der Waals surface area contributed by atoms with Crippen LogP contribution in [0.4, 0.5) is 5.69 Å². The van der Waals surface area contributed by atoms with Gasteiger partial charge in [-0.2, -0.15) is 4.31 Å². The normalized spacial score (nSPS) is 15.5. The van der Waals surface area contributed by atoms with Crippen LogP contribution in [0.25, 0.3) is 6.08 Å².